The van der Waals surface area contributed by atoms with Gasteiger partial charge in [0.15, 0.2) is 0 Å². The number of nitrogens with zero attached hydrogens (tertiary/aromatic N) is 9. The van der Waals surface area contributed by atoms with Crippen LogP contribution in [0.15, 0.2) is 67.5 Å². The minimum absolute atomic E-state index is 0.522. The fourth-order valence-corrected chi connectivity index (χ4v) is 4.37. The van der Waals surface area contributed by atoms with Crippen LogP contribution < -0.4 is 9.64 Å². The molecule has 5 aromatic heterocycles. The van der Waals surface area contributed by atoms with E-state index in [1.54, 1.807) is 22.5 Å². The summed E-state index contributed by atoms with van der Waals surface area (Å²) in [6.45, 7) is 2.47. The van der Waals surface area contributed by atoms with Gasteiger partial charge in [0.2, 0.25) is 5.88 Å². The van der Waals surface area contributed by atoms with Gasteiger partial charge < -0.3 is 14.5 Å². The third-order valence-electron chi connectivity index (χ3n) is 6.50. The maximum Gasteiger partial charge on any atom is 0.212 e. The lowest BCUT2D eigenvalue weighted by Gasteiger charge is -2.23. The molecule has 0 saturated carbocycles. The van der Waals surface area contributed by atoms with Gasteiger partial charge in [0, 0.05) is 86.8 Å². The van der Waals surface area contributed by atoms with Crippen LogP contribution in [0.1, 0.15) is 11.1 Å². The topological polar surface area (TPSA) is 100 Å². The van der Waals surface area contributed by atoms with Crippen molar-refractivity contribution < 1.29 is 4.74 Å². The Balaban J connectivity index is 1.32. The summed E-state index contributed by atoms with van der Waals surface area (Å²) in [6, 6.07) is 12.3. The van der Waals surface area contributed by atoms with Crippen LogP contribution in [0.3, 0.4) is 0 Å². The normalized spacial score (nSPS) is 11.2. The molecular weight excluding hydrogens is 478 g/mol. The number of fused-ring (bicyclic) bond motifs is 1. The molecule has 0 unspecified atom stereocenters. The van der Waals surface area contributed by atoms with E-state index < -0.39 is 0 Å². The molecule has 0 radical (unpaired) electrons. The average Bonchev–Trinajstić information content (AvgIpc) is 3.57. The van der Waals surface area contributed by atoms with Crippen molar-refractivity contribution in [1.29, 1.82) is 5.26 Å². The molecule has 192 valence electrons. The molecule has 0 fully saturated rings. The quantitative estimate of drug-likeness (QED) is 0.298. The highest BCUT2D eigenvalue weighted by Crippen LogP contribution is 2.32. The molecule has 0 spiro atoms. The van der Waals surface area contributed by atoms with Gasteiger partial charge in [-0.15, -0.1) is 0 Å². The number of hydrogen-bond acceptors (Lipinski definition) is 8. The predicted octanol–water partition coefficient (Wildman–Crippen LogP) is 3.64. The minimum atomic E-state index is 0.522. The van der Waals surface area contributed by atoms with Gasteiger partial charge in [-0.1, -0.05) is 6.07 Å². The van der Waals surface area contributed by atoms with Gasteiger partial charge in [-0.3, -0.25) is 4.68 Å². The first-order valence-corrected chi connectivity index (χ1v) is 12.2. The van der Waals surface area contributed by atoms with E-state index in [2.05, 4.69) is 44.2 Å². The van der Waals surface area contributed by atoms with Gasteiger partial charge in [-0.2, -0.15) is 15.5 Å². The Kier molecular flexibility index (Phi) is 7.02. The van der Waals surface area contributed by atoms with Gasteiger partial charge in [0.25, 0.3) is 0 Å². The molecule has 0 atom stereocenters. The Bertz CT molecular complexity index is 1580. The molecule has 10 heteroatoms. The average molecular weight is 508 g/mol. The van der Waals surface area contributed by atoms with Crippen molar-refractivity contribution in [3.63, 3.8) is 0 Å². The minimum Gasteiger partial charge on any atom is -0.481 e. The van der Waals surface area contributed by atoms with E-state index in [0.29, 0.717) is 11.4 Å². The number of aromatic nitrogens is 6. The van der Waals surface area contributed by atoms with Crippen LogP contribution in [-0.2, 0) is 13.6 Å². The number of anilines is 1. The van der Waals surface area contributed by atoms with Crippen LogP contribution in [0.5, 0.6) is 5.88 Å². The van der Waals surface area contributed by atoms with E-state index in [1.807, 2.05) is 69.3 Å². The largest absolute Gasteiger partial charge is 0.481 e. The fraction of sp³-hybridized carbons (Fsp3) is 0.250. The molecule has 38 heavy (non-hydrogen) atoms. The zero-order valence-corrected chi connectivity index (χ0v) is 21.9. The van der Waals surface area contributed by atoms with Crippen LogP contribution in [0, 0.1) is 11.3 Å². The van der Waals surface area contributed by atoms with E-state index in [1.165, 1.54) is 0 Å². The second-order valence-electron chi connectivity index (χ2n) is 9.28. The maximum absolute atomic E-state index is 9.67. The molecule has 5 aromatic rings. The summed E-state index contributed by atoms with van der Waals surface area (Å²) in [6.07, 6.45) is 11.0. The molecule has 0 aliphatic carbocycles. The van der Waals surface area contributed by atoms with Gasteiger partial charge in [-0.25, -0.2) is 14.5 Å². The van der Waals surface area contributed by atoms with E-state index in [-0.39, 0.29) is 0 Å². The van der Waals surface area contributed by atoms with Gasteiger partial charge in [-0.05, 0) is 30.8 Å². The van der Waals surface area contributed by atoms with Crippen molar-refractivity contribution >= 4 is 11.3 Å². The van der Waals surface area contributed by atoms with Crippen LogP contribution in [-0.4, -0.2) is 68.6 Å². The molecule has 0 N–H and O–H groups in total. The molecule has 0 aromatic carbocycles. The molecule has 10 nitrogen and oxygen atoms in total. The van der Waals surface area contributed by atoms with Crippen molar-refractivity contribution in [2.24, 2.45) is 7.05 Å². The predicted molar refractivity (Wildman–Crippen MR) is 146 cm³/mol. The molecule has 0 aliphatic heterocycles. The zero-order valence-electron chi connectivity index (χ0n) is 21.9. The standard InChI is InChI=1S/C28H29N9O/c1-34(17-20-5-8-27(38-4)31-13-20)9-10-35(2)26-7-6-21(14-30-26)25-11-22(24-16-32-36(3)18-24)19-37-28(25)23(12-29)15-33-37/h5-8,11,13-16,18-19H,9-10,17H2,1-4H3. The molecule has 0 bridgehead atoms. The molecule has 0 saturated heterocycles. The van der Waals surface area contributed by atoms with Crippen LogP contribution in [0.25, 0.3) is 27.8 Å². The van der Waals surface area contributed by atoms with Crippen LogP contribution in [0.2, 0.25) is 0 Å². The van der Waals surface area contributed by atoms with E-state index >= 15 is 0 Å². The summed E-state index contributed by atoms with van der Waals surface area (Å²) < 4.78 is 8.65. The molecule has 5 rings (SSSR count). The number of hydrogen-bond donors (Lipinski definition) is 0. The number of pyridine rings is 3. The number of likely N-dealkylation sites (N-methyl/N-ethyl adjacent to an activating group) is 2. The number of aryl methyl sites for hydroxylation is 1. The Hall–Kier alpha value is -4.75. The second kappa shape index (κ2) is 10.7. The monoisotopic (exact) mass is 507 g/mol. The lowest BCUT2D eigenvalue weighted by Crippen LogP contribution is -2.30. The number of rotatable bonds is 9. The highest BCUT2D eigenvalue weighted by Gasteiger charge is 2.15. The fourth-order valence-electron chi connectivity index (χ4n) is 4.37. The summed E-state index contributed by atoms with van der Waals surface area (Å²) in [5.74, 6) is 1.49. The maximum atomic E-state index is 9.67. The summed E-state index contributed by atoms with van der Waals surface area (Å²) in [7, 11) is 7.63. The highest BCUT2D eigenvalue weighted by molar-refractivity contribution is 5.87. The van der Waals surface area contributed by atoms with Crippen molar-refractivity contribution in [1.82, 2.24) is 34.3 Å². The van der Waals surface area contributed by atoms with Crippen molar-refractivity contribution in [3.8, 4) is 34.2 Å². The lowest BCUT2D eigenvalue weighted by atomic mass is 10.0. The number of nitriles is 1. The molecule has 0 aliphatic rings. The first-order valence-electron chi connectivity index (χ1n) is 12.2. The first kappa shape index (κ1) is 24.9. The Morgan fingerprint density at radius 1 is 0.921 bits per heavy atom. The van der Waals surface area contributed by atoms with Gasteiger partial charge in [0.1, 0.15) is 11.9 Å². The third-order valence-corrected chi connectivity index (χ3v) is 6.50. The number of methoxy groups -OCH3 is 1. The third kappa shape index (κ3) is 5.19. The number of ether oxygens (including phenoxy) is 1. The molecular formula is C28H29N9O. The summed E-state index contributed by atoms with van der Waals surface area (Å²) in [4.78, 5) is 13.4. The Morgan fingerprint density at radius 3 is 2.45 bits per heavy atom. The van der Waals surface area contributed by atoms with E-state index in [9.17, 15) is 5.26 Å². The highest BCUT2D eigenvalue weighted by atomic mass is 16.5. The van der Waals surface area contributed by atoms with Crippen molar-refractivity contribution in [2.75, 3.05) is 39.2 Å². The summed E-state index contributed by atoms with van der Waals surface area (Å²) in [5, 5.41) is 18.4. The van der Waals surface area contributed by atoms with E-state index in [4.69, 9.17) is 9.72 Å². The lowest BCUT2D eigenvalue weighted by molar-refractivity contribution is 0.333. The van der Waals surface area contributed by atoms with Crippen LogP contribution in [0.4, 0.5) is 5.82 Å². The summed E-state index contributed by atoms with van der Waals surface area (Å²) in [5.41, 5.74) is 6.17. The molecule has 5 heterocycles. The SMILES string of the molecule is COc1ccc(CN(C)CCN(C)c2ccc(-c3cc(-c4cnn(C)c4)cn4ncc(C#N)c34)cn2)cn1. The van der Waals surface area contributed by atoms with Gasteiger partial charge >= 0.3 is 0 Å². The van der Waals surface area contributed by atoms with Crippen LogP contribution >= 0.6 is 0 Å². The summed E-state index contributed by atoms with van der Waals surface area (Å²) >= 11 is 0. The smallest absolute Gasteiger partial charge is 0.212 e. The zero-order chi connectivity index (χ0) is 26.6. The van der Waals surface area contributed by atoms with Gasteiger partial charge in [0.05, 0.1) is 30.6 Å². The Labute approximate surface area is 221 Å². The second-order valence-corrected chi connectivity index (χ2v) is 9.28. The Morgan fingerprint density at radius 2 is 1.79 bits per heavy atom. The van der Waals surface area contributed by atoms with E-state index in [0.717, 1.165) is 58.8 Å². The molecule has 0 amide bonds. The van der Waals surface area contributed by atoms with Crippen molar-refractivity contribution in [2.45, 2.75) is 6.54 Å². The first-order chi connectivity index (χ1) is 18.4. The van der Waals surface area contributed by atoms with Crippen molar-refractivity contribution in [3.05, 3.63) is 78.6 Å².